The summed E-state index contributed by atoms with van der Waals surface area (Å²) >= 11 is 0. The van der Waals surface area contributed by atoms with Gasteiger partial charge in [0.2, 0.25) is 0 Å². The molecule has 1 heterocycles. The van der Waals surface area contributed by atoms with Crippen LogP contribution in [0.15, 0.2) is 48.5 Å². The van der Waals surface area contributed by atoms with Gasteiger partial charge in [-0.2, -0.15) is 0 Å². The topological polar surface area (TPSA) is 70.6 Å². The van der Waals surface area contributed by atoms with Crippen molar-refractivity contribution in [2.24, 2.45) is 5.41 Å². The van der Waals surface area contributed by atoms with Crippen molar-refractivity contribution in [1.82, 2.24) is 0 Å². The summed E-state index contributed by atoms with van der Waals surface area (Å²) in [7, 11) is 0. The second kappa shape index (κ2) is 7.03. The van der Waals surface area contributed by atoms with Crippen molar-refractivity contribution in [3.8, 4) is 0 Å². The zero-order valence-electron chi connectivity index (χ0n) is 13.7. The maximum Gasteiger partial charge on any atom is 0.255 e. The van der Waals surface area contributed by atoms with E-state index in [1.165, 1.54) is 0 Å². The number of amides is 1. The SMILES string of the molecule is Cc1ccc(C(=O)Nc2ccccc2)cc1NCC1(CO)COC1. The largest absolute Gasteiger partial charge is 0.396 e. The van der Waals surface area contributed by atoms with Gasteiger partial charge in [-0.3, -0.25) is 4.79 Å². The highest BCUT2D eigenvalue weighted by molar-refractivity contribution is 6.04. The van der Waals surface area contributed by atoms with E-state index >= 15 is 0 Å². The lowest BCUT2D eigenvalue weighted by atomic mass is 9.87. The number of carbonyl (C=O) groups is 1. The zero-order chi connectivity index (χ0) is 17.0. The third-order valence-electron chi connectivity index (χ3n) is 4.34. The number of aliphatic hydroxyl groups excluding tert-OH is 1. The normalized spacial score (nSPS) is 15.4. The van der Waals surface area contributed by atoms with Gasteiger partial charge < -0.3 is 20.5 Å². The van der Waals surface area contributed by atoms with Crippen LogP contribution < -0.4 is 10.6 Å². The molecule has 0 aromatic heterocycles. The molecule has 0 saturated carbocycles. The third-order valence-corrected chi connectivity index (χ3v) is 4.34. The molecule has 0 aliphatic carbocycles. The van der Waals surface area contributed by atoms with E-state index in [0.29, 0.717) is 25.3 Å². The molecule has 0 atom stereocenters. The summed E-state index contributed by atoms with van der Waals surface area (Å²) in [4.78, 5) is 12.4. The molecule has 2 aromatic carbocycles. The highest BCUT2D eigenvalue weighted by Crippen LogP contribution is 2.28. The van der Waals surface area contributed by atoms with Gasteiger partial charge in [-0.25, -0.2) is 0 Å². The smallest absolute Gasteiger partial charge is 0.255 e. The number of anilines is 2. The Morgan fingerprint density at radius 1 is 1.21 bits per heavy atom. The molecular formula is C19H22N2O3. The number of hydrogen-bond acceptors (Lipinski definition) is 4. The molecule has 3 rings (SSSR count). The van der Waals surface area contributed by atoms with Gasteiger partial charge in [-0.15, -0.1) is 0 Å². The number of carbonyl (C=O) groups excluding carboxylic acids is 1. The molecule has 24 heavy (non-hydrogen) atoms. The van der Waals surface area contributed by atoms with Gasteiger partial charge in [0.1, 0.15) is 0 Å². The molecule has 1 amide bonds. The Morgan fingerprint density at radius 3 is 2.58 bits per heavy atom. The molecule has 126 valence electrons. The zero-order valence-corrected chi connectivity index (χ0v) is 13.7. The number of ether oxygens (including phenoxy) is 1. The van der Waals surface area contributed by atoms with Crippen LogP contribution >= 0.6 is 0 Å². The van der Waals surface area contributed by atoms with Crippen LogP contribution in [0.1, 0.15) is 15.9 Å². The number of nitrogens with one attached hydrogen (secondary N) is 2. The quantitative estimate of drug-likeness (QED) is 0.763. The number of benzene rings is 2. The van der Waals surface area contributed by atoms with E-state index in [1.807, 2.05) is 55.5 Å². The fourth-order valence-electron chi connectivity index (χ4n) is 2.60. The summed E-state index contributed by atoms with van der Waals surface area (Å²) in [6, 6.07) is 15.0. The maximum absolute atomic E-state index is 12.4. The first-order chi connectivity index (χ1) is 11.6. The fourth-order valence-corrected chi connectivity index (χ4v) is 2.60. The number of para-hydroxylation sites is 1. The minimum absolute atomic E-state index is 0.0905. The van der Waals surface area contributed by atoms with Crippen LogP contribution in [0.2, 0.25) is 0 Å². The molecule has 5 heteroatoms. The van der Waals surface area contributed by atoms with E-state index in [4.69, 9.17) is 4.74 Å². The molecule has 1 aliphatic rings. The van der Waals surface area contributed by atoms with Crippen LogP contribution in [-0.2, 0) is 4.74 Å². The lowest BCUT2D eigenvalue weighted by Gasteiger charge is -2.40. The molecule has 5 nitrogen and oxygen atoms in total. The summed E-state index contributed by atoms with van der Waals surface area (Å²) in [5.74, 6) is -0.145. The molecule has 2 aromatic rings. The van der Waals surface area contributed by atoms with Gasteiger partial charge in [0.25, 0.3) is 5.91 Å². The van der Waals surface area contributed by atoms with E-state index < -0.39 is 0 Å². The van der Waals surface area contributed by atoms with Crippen LogP contribution in [0.5, 0.6) is 0 Å². The van der Waals surface area contributed by atoms with Crippen LogP contribution in [0.4, 0.5) is 11.4 Å². The number of aryl methyl sites for hydroxylation is 1. The van der Waals surface area contributed by atoms with E-state index in [9.17, 15) is 9.90 Å². The maximum atomic E-state index is 12.4. The predicted octanol–water partition coefficient (Wildman–Crippen LogP) is 2.67. The summed E-state index contributed by atoms with van der Waals surface area (Å²) < 4.78 is 5.21. The highest BCUT2D eigenvalue weighted by atomic mass is 16.5. The van der Waals surface area contributed by atoms with Crippen LogP contribution in [0.25, 0.3) is 0 Å². The Bertz CT molecular complexity index is 706. The van der Waals surface area contributed by atoms with Crippen molar-refractivity contribution in [1.29, 1.82) is 0 Å². The van der Waals surface area contributed by atoms with Crippen LogP contribution in [0.3, 0.4) is 0 Å². The number of hydrogen-bond donors (Lipinski definition) is 3. The minimum atomic E-state index is -0.214. The Kier molecular flexibility index (Phi) is 4.83. The molecule has 0 unspecified atom stereocenters. The average molecular weight is 326 g/mol. The van der Waals surface area contributed by atoms with E-state index in [1.54, 1.807) is 0 Å². The minimum Gasteiger partial charge on any atom is -0.396 e. The lowest BCUT2D eigenvalue weighted by Crippen LogP contribution is -2.50. The van der Waals surface area contributed by atoms with Gasteiger partial charge in [-0.1, -0.05) is 24.3 Å². The van der Waals surface area contributed by atoms with E-state index in [-0.39, 0.29) is 17.9 Å². The van der Waals surface area contributed by atoms with Crippen molar-refractivity contribution in [3.63, 3.8) is 0 Å². The first kappa shape index (κ1) is 16.5. The second-order valence-electron chi connectivity index (χ2n) is 6.35. The van der Waals surface area contributed by atoms with Crippen molar-refractivity contribution < 1.29 is 14.6 Å². The summed E-state index contributed by atoms with van der Waals surface area (Å²) in [5.41, 5.74) is 3.10. The van der Waals surface area contributed by atoms with Gasteiger partial charge in [0.05, 0.1) is 25.2 Å². The van der Waals surface area contributed by atoms with Crippen LogP contribution in [0, 0.1) is 12.3 Å². The van der Waals surface area contributed by atoms with Crippen molar-refractivity contribution in [3.05, 3.63) is 59.7 Å². The summed E-state index contributed by atoms with van der Waals surface area (Å²) in [6.45, 7) is 3.82. The average Bonchev–Trinajstić information content (AvgIpc) is 2.56. The lowest BCUT2D eigenvalue weighted by molar-refractivity contribution is -0.128. The molecule has 1 aliphatic heterocycles. The molecule has 1 fully saturated rings. The first-order valence-corrected chi connectivity index (χ1v) is 8.01. The van der Waals surface area contributed by atoms with Gasteiger partial charge >= 0.3 is 0 Å². The fraction of sp³-hybridized carbons (Fsp3) is 0.316. The number of rotatable bonds is 6. The summed E-state index contributed by atoms with van der Waals surface area (Å²) in [6.07, 6.45) is 0. The van der Waals surface area contributed by atoms with Crippen molar-refractivity contribution in [2.45, 2.75) is 6.92 Å². The molecule has 0 radical (unpaired) electrons. The van der Waals surface area contributed by atoms with Crippen molar-refractivity contribution in [2.75, 3.05) is 37.0 Å². The third kappa shape index (κ3) is 3.58. The first-order valence-electron chi connectivity index (χ1n) is 8.01. The molecular weight excluding hydrogens is 304 g/mol. The molecule has 0 bridgehead atoms. The second-order valence-corrected chi connectivity index (χ2v) is 6.35. The van der Waals surface area contributed by atoms with Crippen LogP contribution in [-0.4, -0.2) is 37.4 Å². The van der Waals surface area contributed by atoms with Gasteiger partial charge in [-0.05, 0) is 36.8 Å². The molecule has 0 spiro atoms. The predicted molar refractivity (Wildman–Crippen MR) is 94.4 cm³/mol. The van der Waals surface area contributed by atoms with Gasteiger partial charge in [0.15, 0.2) is 0 Å². The Morgan fingerprint density at radius 2 is 1.96 bits per heavy atom. The number of aliphatic hydroxyl groups is 1. The van der Waals surface area contributed by atoms with Crippen molar-refractivity contribution >= 4 is 17.3 Å². The Labute approximate surface area is 141 Å². The molecule has 3 N–H and O–H groups in total. The van der Waals surface area contributed by atoms with E-state index in [0.717, 1.165) is 16.9 Å². The highest BCUT2D eigenvalue weighted by Gasteiger charge is 2.37. The molecule has 1 saturated heterocycles. The monoisotopic (exact) mass is 326 g/mol. The standard InChI is InChI=1S/C19H22N2O3/c1-14-7-8-15(18(23)21-16-5-3-2-4-6-16)9-17(14)20-10-19(11-22)12-24-13-19/h2-9,20,22H,10-13H2,1H3,(H,21,23). The Hall–Kier alpha value is -2.37. The summed E-state index contributed by atoms with van der Waals surface area (Å²) in [5, 5.41) is 15.7. The van der Waals surface area contributed by atoms with E-state index in [2.05, 4.69) is 10.6 Å². The Balaban J connectivity index is 1.70. The van der Waals surface area contributed by atoms with Gasteiger partial charge in [0, 0.05) is 23.5 Å².